The summed E-state index contributed by atoms with van der Waals surface area (Å²) in [5.74, 6) is -0.772. The van der Waals surface area contributed by atoms with Gasteiger partial charge in [0, 0.05) is 6.42 Å². The first-order valence-electron chi connectivity index (χ1n) is 7.45. The number of carbonyl (C=O) groups is 2. The molecule has 0 fully saturated rings. The lowest BCUT2D eigenvalue weighted by Gasteiger charge is -2.07. The van der Waals surface area contributed by atoms with E-state index in [1.807, 2.05) is 13.0 Å². The molecule has 0 bridgehead atoms. The van der Waals surface area contributed by atoms with Gasteiger partial charge in [-0.3, -0.25) is 4.99 Å². The van der Waals surface area contributed by atoms with Crippen molar-refractivity contribution in [3.05, 3.63) is 35.2 Å². The Morgan fingerprint density at radius 3 is 1.82 bits per heavy atom. The van der Waals surface area contributed by atoms with Crippen molar-refractivity contribution in [1.29, 1.82) is 0 Å². The molecule has 11 heteroatoms. The van der Waals surface area contributed by atoms with Gasteiger partial charge in [0.2, 0.25) is 0 Å². The summed E-state index contributed by atoms with van der Waals surface area (Å²) in [6.45, 7) is 4.43. The monoisotopic (exact) mass is 393 g/mol. The van der Waals surface area contributed by atoms with E-state index in [0.29, 0.717) is 18.7 Å². The number of nitrogens with zero attached hydrogens (tertiary/aromatic N) is 3. The largest absolute Gasteiger partial charge is 0.465 e. The highest BCUT2D eigenvalue weighted by atomic mass is 16.5. The minimum atomic E-state index is -0.461. The first-order valence-corrected chi connectivity index (χ1v) is 7.45. The minimum Gasteiger partial charge on any atom is -0.465 e. The van der Waals surface area contributed by atoms with Crippen LogP contribution in [-0.4, -0.2) is 60.9 Å². The number of hydrogen-bond donors (Lipinski definition) is 0. The van der Waals surface area contributed by atoms with Crippen LogP contribution in [0.15, 0.2) is 28.8 Å². The van der Waals surface area contributed by atoms with Crippen LogP contribution in [-0.2, 0) is 33.4 Å². The number of aryl methyl sites for hydroxylation is 1. The highest BCUT2D eigenvalue weighted by Gasteiger charge is 2.12. The number of hydrogen-bond acceptors (Lipinski definition) is 11. The molecule has 1 aromatic rings. The number of aromatic nitrogens is 2. The normalized spacial score (nSPS) is 10.9. The molecule has 0 aliphatic carbocycles. The maximum absolute atomic E-state index is 10.9. The van der Waals surface area contributed by atoms with Crippen molar-refractivity contribution in [2.24, 2.45) is 4.99 Å². The molecule has 1 aromatic heterocycles. The van der Waals surface area contributed by atoms with Crippen molar-refractivity contribution in [2.75, 3.05) is 20.8 Å². The molecule has 0 atom stereocenters. The third-order valence-electron chi connectivity index (χ3n) is 2.78. The van der Waals surface area contributed by atoms with Crippen molar-refractivity contribution in [1.82, 2.24) is 10.2 Å². The predicted molar refractivity (Wildman–Crippen MR) is 90.8 cm³/mol. The maximum Gasteiger partial charge on any atom is 0.373 e. The van der Waals surface area contributed by atoms with E-state index in [9.17, 15) is 9.59 Å². The molecule has 0 N–H and O–H groups in total. The molecule has 0 saturated heterocycles. The second kappa shape index (κ2) is 16.6. The van der Waals surface area contributed by atoms with Gasteiger partial charge in [-0.1, -0.05) is 11.6 Å². The molecule has 0 unspecified atom stereocenters. The number of esters is 2. The molecule has 1 aliphatic heterocycles. The fourth-order valence-electron chi connectivity index (χ4n) is 1.50. The van der Waals surface area contributed by atoms with Crippen LogP contribution in [0.4, 0.5) is 0 Å². The molecule has 0 amide bonds. The molecule has 2 heterocycles. The van der Waals surface area contributed by atoms with E-state index < -0.39 is 5.97 Å². The van der Waals surface area contributed by atoms with Crippen LogP contribution < -0.4 is 0 Å². The Morgan fingerprint density at radius 2 is 1.46 bits per heavy atom. The number of rotatable bonds is 2. The summed E-state index contributed by atoms with van der Waals surface area (Å²) in [7, 11) is 2.68. The van der Waals surface area contributed by atoms with E-state index in [1.54, 1.807) is 19.1 Å². The van der Waals surface area contributed by atoms with Gasteiger partial charge in [-0.15, -0.1) is 5.10 Å². The molecule has 0 spiro atoms. The van der Waals surface area contributed by atoms with Gasteiger partial charge in [0.25, 0.3) is 0 Å². The molecular formula is C17H19N3O8. The summed E-state index contributed by atoms with van der Waals surface area (Å²) in [6.07, 6.45) is 3.11. The number of methoxy groups -OCH3 is 2. The quantitative estimate of drug-likeness (QED) is 0.507. The molecule has 2 rings (SSSR count). The van der Waals surface area contributed by atoms with Crippen LogP contribution in [0.2, 0.25) is 0 Å². The van der Waals surface area contributed by atoms with Crippen molar-refractivity contribution in [3.63, 3.8) is 0 Å². The third-order valence-corrected chi connectivity index (χ3v) is 2.78. The Hall–Kier alpha value is -3.81. The van der Waals surface area contributed by atoms with Gasteiger partial charge in [0.15, 0.2) is 5.69 Å². The number of aliphatic imine (C=N–C) groups is 1. The molecule has 0 aromatic carbocycles. The Balaban J connectivity index is 0. The van der Waals surface area contributed by atoms with Crippen LogP contribution in [0.1, 0.15) is 29.5 Å². The van der Waals surface area contributed by atoms with E-state index in [0.717, 1.165) is 5.69 Å². The Bertz CT molecular complexity index is 745. The van der Waals surface area contributed by atoms with Gasteiger partial charge in [0.1, 0.15) is 5.71 Å². The van der Waals surface area contributed by atoms with Crippen LogP contribution in [0, 0.1) is 6.92 Å². The van der Waals surface area contributed by atoms with E-state index in [1.165, 1.54) is 19.8 Å². The van der Waals surface area contributed by atoms with E-state index >= 15 is 0 Å². The number of ether oxygens (including phenoxy) is 2. The van der Waals surface area contributed by atoms with Crippen LogP contribution in [0.25, 0.3) is 0 Å². The topological polar surface area (TPSA) is 159 Å². The summed E-state index contributed by atoms with van der Waals surface area (Å²) >= 11 is 0. The van der Waals surface area contributed by atoms with Gasteiger partial charge < -0.3 is 9.47 Å². The summed E-state index contributed by atoms with van der Waals surface area (Å²) in [6, 6.07) is 3.29. The van der Waals surface area contributed by atoms with Crippen molar-refractivity contribution < 1.29 is 38.2 Å². The summed E-state index contributed by atoms with van der Waals surface area (Å²) in [5.41, 5.74) is 2.74. The molecule has 150 valence electrons. The molecule has 0 saturated carbocycles. The zero-order chi connectivity index (χ0) is 21.9. The molecule has 11 nitrogen and oxygen atoms in total. The van der Waals surface area contributed by atoms with Crippen molar-refractivity contribution in [2.45, 2.75) is 20.3 Å². The standard InChI is InChI=1S/C8H11NO2.C7H8N2O2.2CO2/c1-6-3-4-7(9-5-6)8(10)11-2;1-5-3-4-6(9-8-5)7(10)11-2;2*2-1-3/h3H,4-5H2,1-2H3;3-4H,1-2H3;;. The highest BCUT2D eigenvalue weighted by Crippen LogP contribution is 2.05. The summed E-state index contributed by atoms with van der Waals surface area (Å²) in [4.78, 5) is 58.2. The molecule has 28 heavy (non-hydrogen) atoms. The highest BCUT2D eigenvalue weighted by molar-refractivity contribution is 6.37. The molecule has 1 aliphatic rings. The summed E-state index contributed by atoms with van der Waals surface area (Å²) < 4.78 is 8.96. The molecule has 0 radical (unpaired) electrons. The third kappa shape index (κ3) is 12.5. The minimum absolute atomic E-state index is 0.234. The fourth-order valence-corrected chi connectivity index (χ4v) is 1.50. The van der Waals surface area contributed by atoms with Gasteiger partial charge in [-0.25, -0.2) is 9.59 Å². The van der Waals surface area contributed by atoms with Crippen molar-refractivity contribution >= 4 is 30.0 Å². The van der Waals surface area contributed by atoms with Crippen LogP contribution in [0.3, 0.4) is 0 Å². The first-order chi connectivity index (χ1) is 13.3. The van der Waals surface area contributed by atoms with E-state index in [4.69, 9.17) is 19.2 Å². The first kappa shape index (κ1) is 26.4. The van der Waals surface area contributed by atoms with Crippen molar-refractivity contribution in [3.8, 4) is 0 Å². The smallest absolute Gasteiger partial charge is 0.373 e. The lowest BCUT2D eigenvalue weighted by molar-refractivity contribution is -0.193. The zero-order valence-electron chi connectivity index (χ0n) is 15.8. The van der Waals surface area contributed by atoms with Gasteiger partial charge in [-0.05, 0) is 26.0 Å². The number of allylic oxidation sites excluding steroid dienone is 1. The second-order valence-corrected chi connectivity index (χ2v) is 4.73. The lowest BCUT2D eigenvalue weighted by Crippen LogP contribution is -2.18. The van der Waals surface area contributed by atoms with Crippen LogP contribution >= 0.6 is 0 Å². The van der Waals surface area contributed by atoms with E-state index in [-0.39, 0.29) is 24.0 Å². The summed E-state index contributed by atoms with van der Waals surface area (Å²) in [5, 5.41) is 7.32. The zero-order valence-corrected chi connectivity index (χ0v) is 15.8. The number of carbonyl (C=O) groups excluding carboxylic acids is 6. The number of dihydropyridines is 1. The Kier molecular flexibility index (Phi) is 15.7. The van der Waals surface area contributed by atoms with E-state index in [2.05, 4.69) is 24.7 Å². The SMILES string of the molecule is COC(=O)C1=NCC(C)=CC1.COC(=O)c1ccc(C)nn1.O=C=O.O=C=O. The average molecular weight is 393 g/mol. The van der Waals surface area contributed by atoms with Crippen LogP contribution in [0.5, 0.6) is 0 Å². The second-order valence-electron chi connectivity index (χ2n) is 4.73. The predicted octanol–water partition coefficient (Wildman–Crippen LogP) is 0.355. The van der Waals surface area contributed by atoms with Gasteiger partial charge >= 0.3 is 24.2 Å². The van der Waals surface area contributed by atoms with Gasteiger partial charge in [0.05, 0.1) is 26.5 Å². The average Bonchev–Trinajstić information content (AvgIpc) is 2.69. The van der Waals surface area contributed by atoms with Gasteiger partial charge in [-0.2, -0.15) is 24.3 Å². The molecular weight excluding hydrogens is 374 g/mol. The lowest BCUT2D eigenvalue weighted by atomic mass is 10.1. The maximum atomic E-state index is 10.9. The Morgan fingerprint density at radius 1 is 0.929 bits per heavy atom. The Labute approximate surface area is 160 Å². The fraction of sp³-hybridized carbons (Fsp3) is 0.353.